The number of para-hydroxylation sites is 1. The standard InChI is InChI=1S/C28H27Cl2N11O8/c1-27(2,3)48-25(42)39-14-9-7-10-15(13-14)40(26(43)49-28(4,5)6)38-22-32-20(30)34-24(36-22)47-17-12-8-11-16(18(17)41(44)45)46-23-33-19(29)31-21(35-23)37-39/h7-13H,1-6H3,(H,31,33,35,37)(H,32,34,36,38). The van der Waals surface area contributed by atoms with Crippen LogP contribution in [-0.2, 0) is 9.47 Å². The molecule has 2 aromatic heterocycles. The van der Waals surface area contributed by atoms with Gasteiger partial charge in [-0.1, -0.05) is 12.1 Å². The average Bonchev–Trinajstić information content (AvgIpc) is 2.96. The number of aromatic nitrogens is 6. The third-order valence-corrected chi connectivity index (χ3v) is 5.98. The molecule has 0 aliphatic carbocycles. The lowest BCUT2D eigenvalue weighted by Gasteiger charge is -2.30. The maximum Gasteiger partial charge on any atom is 0.434 e. The Hall–Kier alpha value is -5.82. The summed E-state index contributed by atoms with van der Waals surface area (Å²) in [6, 6.07) is 8.83. The zero-order chi connectivity index (χ0) is 35.7. The summed E-state index contributed by atoms with van der Waals surface area (Å²) in [6.45, 7) is 9.93. The first-order valence-corrected chi connectivity index (χ1v) is 14.9. The highest BCUT2D eigenvalue weighted by Gasteiger charge is 2.30. The van der Waals surface area contributed by atoms with Crippen molar-refractivity contribution in [2.45, 2.75) is 52.7 Å². The van der Waals surface area contributed by atoms with Gasteiger partial charge in [-0.2, -0.15) is 39.9 Å². The van der Waals surface area contributed by atoms with E-state index in [1.54, 1.807) is 41.5 Å². The van der Waals surface area contributed by atoms with Crippen molar-refractivity contribution < 1.29 is 33.5 Å². The van der Waals surface area contributed by atoms with Crippen LogP contribution in [0.25, 0.3) is 0 Å². The number of carbonyl (C=O) groups excluding carboxylic acids is 2. The third kappa shape index (κ3) is 8.76. The molecule has 0 saturated heterocycles. The van der Waals surface area contributed by atoms with E-state index < -0.39 is 56.6 Å². The van der Waals surface area contributed by atoms with Crippen molar-refractivity contribution in [1.29, 1.82) is 0 Å². The molecule has 0 atom stereocenters. The SMILES string of the molecule is CC(C)(C)OC(=O)N1Nc2nc(Cl)nc(n2)Oc2cccc(c2[N+](=O)[O-])Oc2nc(Cl)nc(n2)NN(C(=O)OC(C)(C)C)c2cccc1c2. The van der Waals surface area contributed by atoms with Crippen LogP contribution in [0, 0.1) is 10.1 Å². The molecule has 1 aliphatic heterocycles. The molecule has 3 heterocycles. The summed E-state index contributed by atoms with van der Waals surface area (Å²) in [6.07, 6.45) is -1.85. The van der Waals surface area contributed by atoms with Gasteiger partial charge < -0.3 is 18.9 Å². The summed E-state index contributed by atoms with van der Waals surface area (Å²) >= 11 is 12.3. The summed E-state index contributed by atoms with van der Waals surface area (Å²) in [7, 11) is 0. The minimum atomic E-state index is -0.959. The molecule has 0 spiro atoms. The van der Waals surface area contributed by atoms with Crippen molar-refractivity contribution in [1.82, 2.24) is 29.9 Å². The zero-order valence-corrected chi connectivity index (χ0v) is 28.1. The Morgan fingerprint density at radius 1 is 0.735 bits per heavy atom. The predicted molar refractivity (Wildman–Crippen MR) is 174 cm³/mol. The molecule has 0 radical (unpaired) electrons. The molecular weight excluding hydrogens is 689 g/mol. The Morgan fingerprint density at radius 3 is 1.53 bits per heavy atom. The largest absolute Gasteiger partial charge is 0.442 e. The van der Waals surface area contributed by atoms with E-state index in [1.807, 2.05) is 0 Å². The van der Waals surface area contributed by atoms with Crippen LogP contribution >= 0.6 is 23.2 Å². The second kappa shape index (κ2) is 13.4. The minimum Gasteiger partial charge on any atom is -0.442 e. The van der Waals surface area contributed by atoms with E-state index in [0.29, 0.717) is 0 Å². The molecule has 5 rings (SSSR count). The van der Waals surface area contributed by atoms with E-state index >= 15 is 0 Å². The van der Waals surface area contributed by atoms with Crippen molar-refractivity contribution >= 4 is 64.3 Å². The molecule has 2 N–H and O–H groups in total. The van der Waals surface area contributed by atoms with Gasteiger partial charge in [-0.15, -0.1) is 0 Å². The van der Waals surface area contributed by atoms with E-state index in [4.69, 9.17) is 42.1 Å². The van der Waals surface area contributed by atoms with Gasteiger partial charge in [-0.3, -0.25) is 21.0 Å². The predicted octanol–water partition coefficient (Wildman–Crippen LogP) is 6.71. The highest BCUT2D eigenvalue weighted by atomic mass is 35.5. The number of benzene rings is 2. The van der Waals surface area contributed by atoms with Crippen LogP contribution in [0.15, 0.2) is 42.5 Å². The summed E-state index contributed by atoms with van der Waals surface area (Å²) in [5.74, 6) is -1.40. The Morgan fingerprint density at radius 2 is 1.14 bits per heavy atom. The average molecular weight is 716 g/mol. The molecule has 19 nitrogen and oxygen atoms in total. The molecule has 0 unspecified atom stereocenters. The number of nitro groups is 1. The number of carbonyl (C=O) groups is 2. The van der Waals surface area contributed by atoms with Gasteiger partial charge in [0.05, 0.1) is 16.3 Å². The van der Waals surface area contributed by atoms with Gasteiger partial charge in [0, 0.05) is 0 Å². The molecule has 0 fully saturated rings. The number of ether oxygens (including phenoxy) is 4. The quantitative estimate of drug-likeness (QED) is 0.154. The molecule has 4 aromatic rings. The molecule has 49 heavy (non-hydrogen) atoms. The fraction of sp³-hybridized carbons (Fsp3) is 0.286. The van der Waals surface area contributed by atoms with Crippen LogP contribution in [0.3, 0.4) is 0 Å². The van der Waals surface area contributed by atoms with Gasteiger partial charge in [0.2, 0.25) is 34.0 Å². The maximum absolute atomic E-state index is 13.6. The highest BCUT2D eigenvalue weighted by Crippen LogP contribution is 2.40. The number of nitrogens with zero attached hydrogens (tertiary/aromatic N) is 9. The number of amides is 2. The summed E-state index contributed by atoms with van der Waals surface area (Å²) in [4.78, 5) is 62.7. The number of rotatable bonds is 1. The first kappa shape index (κ1) is 34.5. The molecule has 21 heteroatoms. The second-order valence-electron chi connectivity index (χ2n) is 11.9. The molecule has 2 amide bonds. The molecule has 8 bridgehead atoms. The van der Waals surface area contributed by atoms with Crippen LogP contribution in [0.1, 0.15) is 41.5 Å². The normalized spacial score (nSPS) is 13.0. The number of fused-ring (bicyclic) bond motifs is 8. The number of hydrazine groups is 2. The van der Waals surface area contributed by atoms with Gasteiger partial charge >= 0.3 is 29.9 Å². The topological polar surface area (TPSA) is 222 Å². The van der Waals surface area contributed by atoms with Gasteiger partial charge in [-0.25, -0.2) is 9.59 Å². The molecule has 0 saturated carbocycles. The second-order valence-corrected chi connectivity index (χ2v) is 12.5. The van der Waals surface area contributed by atoms with Crippen LogP contribution in [0.4, 0.5) is 38.5 Å². The van der Waals surface area contributed by atoms with E-state index in [2.05, 4.69) is 40.8 Å². The van der Waals surface area contributed by atoms with Gasteiger partial charge in [0.1, 0.15) is 11.2 Å². The number of hydrogen-bond donors (Lipinski definition) is 2. The summed E-state index contributed by atoms with van der Waals surface area (Å²) < 4.78 is 22.5. The zero-order valence-electron chi connectivity index (χ0n) is 26.6. The smallest absolute Gasteiger partial charge is 0.434 e. The van der Waals surface area contributed by atoms with Gasteiger partial charge in [-0.05, 0) is 95.1 Å². The van der Waals surface area contributed by atoms with Crippen molar-refractivity contribution in [3.8, 4) is 23.5 Å². The van der Waals surface area contributed by atoms with Crippen molar-refractivity contribution in [2.75, 3.05) is 20.9 Å². The number of halogens is 2. The number of anilines is 4. The van der Waals surface area contributed by atoms with E-state index in [9.17, 15) is 19.7 Å². The molecule has 256 valence electrons. The Bertz CT molecular complexity index is 1810. The van der Waals surface area contributed by atoms with E-state index in [-0.39, 0.29) is 34.8 Å². The highest BCUT2D eigenvalue weighted by molar-refractivity contribution is 6.28. The number of hydrogen-bond acceptors (Lipinski definition) is 16. The third-order valence-electron chi connectivity index (χ3n) is 5.64. The molecule has 2 aromatic carbocycles. The number of nitrogens with one attached hydrogen (secondary N) is 2. The Labute approximate surface area is 287 Å². The van der Waals surface area contributed by atoms with Crippen molar-refractivity contribution in [3.63, 3.8) is 0 Å². The van der Waals surface area contributed by atoms with E-state index in [1.165, 1.54) is 42.5 Å². The van der Waals surface area contributed by atoms with Crippen LogP contribution in [-0.4, -0.2) is 58.2 Å². The number of nitro benzene ring substituents is 1. The summed E-state index contributed by atoms with van der Waals surface area (Å²) in [5, 5.41) is 13.3. The fourth-order valence-electron chi connectivity index (χ4n) is 3.92. The van der Waals surface area contributed by atoms with Crippen LogP contribution in [0.5, 0.6) is 23.5 Å². The van der Waals surface area contributed by atoms with Crippen molar-refractivity contribution in [2.24, 2.45) is 0 Å². The lowest BCUT2D eigenvalue weighted by molar-refractivity contribution is -0.386. The monoisotopic (exact) mass is 715 g/mol. The van der Waals surface area contributed by atoms with Gasteiger partial charge in [0.15, 0.2) is 0 Å². The molecule has 1 aliphatic rings. The lowest BCUT2D eigenvalue weighted by atomic mass is 10.2. The van der Waals surface area contributed by atoms with Gasteiger partial charge in [0.25, 0.3) is 0 Å². The maximum atomic E-state index is 13.6. The fourth-order valence-corrected chi connectivity index (χ4v) is 4.22. The Kier molecular flexibility index (Phi) is 9.41. The minimum absolute atomic E-state index is 0.100. The lowest BCUT2D eigenvalue weighted by Crippen LogP contribution is -2.42. The Balaban J connectivity index is 1.74. The molecular formula is C28H27Cl2N11O8. The van der Waals surface area contributed by atoms with Crippen molar-refractivity contribution in [3.05, 3.63) is 63.1 Å². The van der Waals surface area contributed by atoms with Crippen LogP contribution in [0.2, 0.25) is 10.6 Å². The van der Waals surface area contributed by atoms with Crippen LogP contribution < -0.4 is 30.3 Å². The first-order chi connectivity index (χ1) is 22.9. The summed E-state index contributed by atoms with van der Waals surface area (Å²) in [5.41, 5.74) is 3.01. The van der Waals surface area contributed by atoms with E-state index in [0.717, 1.165) is 10.0 Å². The first-order valence-electron chi connectivity index (χ1n) is 14.1.